The molecule has 0 spiro atoms. The average Bonchev–Trinajstić information content (AvgIpc) is 2.33. The topological polar surface area (TPSA) is 35.0 Å². The van der Waals surface area contributed by atoms with Crippen LogP contribution in [0, 0.1) is 12.7 Å². The number of aromatic nitrogens is 2. The maximum absolute atomic E-state index is 14.5. The zero-order chi connectivity index (χ0) is 14.0. The summed E-state index contributed by atoms with van der Waals surface area (Å²) in [5, 5.41) is 0. The monoisotopic (exact) mass is 374 g/mol. The van der Waals surface area contributed by atoms with Gasteiger partial charge in [-0.2, -0.15) is 0 Å². The van der Waals surface area contributed by atoms with Crippen molar-refractivity contribution in [3.05, 3.63) is 11.6 Å². The molecule has 19 heavy (non-hydrogen) atoms. The van der Waals surface area contributed by atoms with Gasteiger partial charge in [-0.1, -0.05) is 0 Å². The Hall–Kier alpha value is -0.391. The van der Waals surface area contributed by atoms with Crippen molar-refractivity contribution >= 4 is 22.1 Å². The summed E-state index contributed by atoms with van der Waals surface area (Å²) in [6.07, 6.45) is 5.74. The van der Waals surface area contributed by atoms with Crippen molar-refractivity contribution in [3.8, 4) is 5.88 Å². The third-order valence-corrected chi connectivity index (χ3v) is 8.47. The Bertz CT molecular complexity index is 453. The molecule has 1 aliphatic carbocycles. The van der Waals surface area contributed by atoms with E-state index in [1.807, 2.05) is 6.92 Å². The Kier molecular flexibility index (Phi) is 4.69. The summed E-state index contributed by atoms with van der Waals surface area (Å²) in [7, 11) is 0. The minimum atomic E-state index is -2.56. The molecule has 5 heteroatoms. The van der Waals surface area contributed by atoms with E-state index in [0.717, 1.165) is 12.8 Å². The van der Waals surface area contributed by atoms with Crippen LogP contribution in [0.5, 0.6) is 5.88 Å². The van der Waals surface area contributed by atoms with Gasteiger partial charge in [0.15, 0.2) is 0 Å². The van der Waals surface area contributed by atoms with Gasteiger partial charge in [-0.25, -0.2) is 0 Å². The van der Waals surface area contributed by atoms with Crippen molar-refractivity contribution in [1.29, 1.82) is 0 Å². The van der Waals surface area contributed by atoms with Gasteiger partial charge in [0.05, 0.1) is 0 Å². The molecule has 0 aliphatic heterocycles. The molecule has 0 amide bonds. The van der Waals surface area contributed by atoms with E-state index >= 15 is 0 Å². The molecule has 2 rings (SSSR count). The van der Waals surface area contributed by atoms with Crippen LogP contribution < -0.4 is 8.45 Å². The van der Waals surface area contributed by atoms with Gasteiger partial charge in [0, 0.05) is 0 Å². The SMILES string of the molecule is Cc1nc(OC2CCCCC2)c(F)[c]([Sn]([CH3])([CH3])[CH3])n1. The summed E-state index contributed by atoms with van der Waals surface area (Å²) in [6.45, 7) is 1.81. The fraction of sp³-hybridized carbons (Fsp3) is 0.714. The molecule has 1 aromatic rings. The molecule has 1 aliphatic rings. The van der Waals surface area contributed by atoms with Crippen LogP contribution in [0.15, 0.2) is 0 Å². The molecule has 1 saturated carbocycles. The van der Waals surface area contributed by atoms with Gasteiger partial charge in [0.25, 0.3) is 0 Å². The quantitative estimate of drug-likeness (QED) is 0.764. The van der Waals surface area contributed by atoms with Crippen LogP contribution in [0.25, 0.3) is 0 Å². The predicted octanol–water partition coefficient (Wildman–Crippen LogP) is 3.18. The fourth-order valence-electron chi connectivity index (χ4n) is 2.45. The number of halogens is 1. The molecule has 0 aromatic carbocycles. The van der Waals surface area contributed by atoms with Crippen molar-refractivity contribution < 1.29 is 9.13 Å². The normalized spacial score (nSPS) is 17.5. The van der Waals surface area contributed by atoms with Crippen molar-refractivity contribution in [3.63, 3.8) is 0 Å². The van der Waals surface area contributed by atoms with E-state index in [-0.39, 0.29) is 17.8 Å². The number of rotatable bonds is 3. The molecule has 0 bridgehead atoms. The van der Waals surface area contributed by atoms with Crippen LogP contribution in [0.2, 0.25) is 14.8 Å². The van der Waals surface area contributed by atoms with E-state index in [0.29, 0.717) is 9.53 Å². The molecule has 3 nitrogen and oxygen atoms in total. The number of hydrogen-bond acceptors (Lipinski definition) is 3. The van der Waals surface area contributed by atoms with Crippen molar-refractivity contribution in [2.45, 2.75) is 60.0 Å². The van der Waals surface area contributed by atoms with E-state index in [2.05, 4.69) is 24.8 Å². The van der Waals surface area contributed by atoms with Gasteiger partial charge >= 0.3 is 119 Å². The first kappa shape index (κ1) is 15.0. The van der Waals surface area contributed by atoms with Crippen LogP contribution >= 0.6 is 0 Å². The first-order chi connectivity index (χ1) is 8.88. The molecule has 0 atom stereocenters. The van der Waals surface area contributed by atoms with Crippen LogP contribution in [0.4, 0.5) is 4.39 Å². The summed E-state index contributed by atoms with van der Waals surface area (Å²) >= 11 is -2.56. The van der Waals surface area contributed by atoms with Crippen LogP contribution in [-0.2, 0) is 0 Å². The standard InChI is InChI=1S/C11H14FN2O.3CH3.Sn/c1-8-13-7-10(12)11(14-8)15-9-5-3-2-4-6-9;;;;/h9H,2-6H2,1H3;3*1H3;. The van der Waals surface area contributed by atoms with E-state index < -0.39 is 18.4 Å². The molecule has 106 valence electrons. The van der Waals surface area contributed by atoms with Crippen molar-refractivity contribution in [2.75, 3.05) is 0 Å². The first-order valence-electron chi connectivity index (χ1n) is 7.09. The van der Waals surface area contributed by atoms with Gasteiger partial charge < -0.3 is 0 Å². The summed E-state index contributed by atoms with van der Waals surface area (Å²) in [5.41, 5.74) is 0. The Labute approximate surface area is 118 Å². The molecular formula is C14H23FN2OSn. The van der Waals surface area contributed by atoms with E-state index in [1.165, 1.54) is 19.3 Å². The number of ether oxygens (including phenoxy) is 1. The maximum atomic E-state index is 14.5. The minimum absolute atomic E-state index is 0.126. The second-order valence-corrected chi connectivity index (χ2v) is 20.6. The Morgan fingerprint density at radius 1 is 1.11 bits per heavy atom. The second-order valence-electron chi connectivity index (χ2n) is 6.37. The summed E-state index contributed by atoms with van der Waals surface area (Å²) in [5.74, 6) is 0.495. The summed E-state index contributed by atoms with van der Waals surface area (Å²) in [4.78, 5) is 15.0. The van der Waals surface area contributed by atoms with Gasteiger partial charge in [0.2, 0.25) is 0 Å². The second kappa shape index (κ2) is 5.93. The summed E-state index contributed by atoms with van der Waals surface area (Å²) in [6, 6.07) is 0. The van der Waals surface area contributed by atoms with E-state index in [1.54, 1.807) is 0 Å². The zero-order valence-electron chi connectivity index (χ0n) is 12.3. The number of hydrogen-bond donors (Lipinski definition) is 0. The van der Waals surface area contributed by atoms with Crippen LogP contribution in [-0.4, -0.2) is 34.4 Å². The van der Waals surface area contributed by atoms with Crippen molar-refractivity contribution in [1.82, 2.24) is 9.97 Å². The average molecular weight is 373 g/mol. The third-order valence-electron chi connectivity index (χ3n) is 3.47. The van der Waals surface area contributed by atoms with Crippen LogP contribution in [0.3, 0.4) is 0 Å². The van der Waals surface area contributed by atoms with Gasteiger partial charge in [-0.15, -0.1) is 0 Å². The number of aryl methyl sites for hydroxylation is 1. The number of nitrogens with zero attached hydrogens (tertiary/aromatic N) is 2. The van der Waals surface area contributed by atoms with E-state index in [4.69, 9.17) is 4.74 Å². The Morgan fingerprint density at radius 2 is 1.74 bits per heavy atom. The summed E-state index contributed by atoms with van der Waals surface area (Å²) < 4.78 is 21.0. The van der Waals surface area contributed by atoms with Crippen molar-refractivity contribution in [2.24, 2.45) is 0 Å². The third kappa shape index (κ3) is 3.80. The Balaban J connectivity index is 2.27. The fourth-order valence-corrected chi connectivity index (χ4v) is 6.05. The van der Waals surface area contributed by atoms with Gasteiger partial charge in [-0.3, -0.25) is 0 Å². The van der Waals surface area contributed by atoms with Gasteiger partial charge in [0.1, 0.15) is 0 Å². The van der Waals surface area contributed by atoms with Crippen LogP contribution in [0.1, 0.15) is 37.9 Å². The molecule has 0 radical (unpaired) electrons. The molecule has 1 fully saturated rings. The molecule has 0 N–H and O–H groups in total. The molecule has 0 unspecified atom stereocenters. The molecular weight excluding hydrogens is 350 g/mol. The van der Waals surface area contributed by atoms with E-state index in [9.17, 15) is 4.39 Å². The zero-order valence-corrected chi connectivity index (χ0v) is 15.1. The predicted molar refractivity (Wildman–Crippen MR) is 77.2 cm³/mol. The first-order valence-corrected chi connectivity index (χ1v) is 17.1. The Morgan fingerprint density at radius 3 is 2.32 bits per heavy atom. The molecule has 1 aromatic heterocycles. The molecule has 0 saturated heterocycles. The van der Waals surface area contributed by atoms with Gasteiger partial charge in [-0.05, 0) is 0 Å². The molecule has 1 heterocycles.